The van der Waals surface area contributed by atoms with Crippen LogP contribution in [0.1, 0.15) is 20.3 Å². The highest BCUT2D eigenvalue weighted by Gasteiger charge is 2.11. The second kappa shape index (κ2) is 4.04. The van der Waals surface area contributed by atoms with Crippen molar-refractivity contribution in [2.24, 2.45) is 5.92 Å². The van der Waals surface area contributed by atoms with Crippen LogP contribution in [0.5, 0.6) is 0 Å². The van der Waals surface area contributed by atoms with Crippen molar-refractivity contribution >= 4 is 16.8 Å². The minimum atomic E-state index is -0.305. The molecule has 0 aliphatic rings. The smallest absolute Gasteiger partial charge is 0.408 e. The molecule has 0 bridgehead atoms. The largest absolute Gasteiger partial charge is 0.419 e. The van der Waals surface area contributed by atoms with Crippen LogP contribution in [-0.4, -0.2) is 4.57 Å². The van der Waals surface area contributed by atoms with Crippen molar-refractivity contribution in [3.63, 3.8) is 0 Å². The molecule has 0 saturated carbocycles. The van der Waals surface area contributed by atoms with Gasteiger partial charge in [-0.15, -0.1) is 0 Å². The lowest BCUT2D eigenvalue weighted by Crippen LogP contribution is -2.18. The lowest BCUT2D eigenvalue weighted by atomic mass is 10.1. The Morgan fingerprint density at radius 1 is 1.50 bits per heavy atom. The number of aromatic nitrogens is 1. The fraction of sp³-hybridized carbons (Fsp3) is 0.417. The minimum absolute atomic E-state index is 0.305. The summed E-state index contributed by atoms with van der Waals surface area (Å²) in [4.78, 5) is 11.7. The molecular weight excluding hydrogens is 204 g/mol. The first kappa shape index (κ1) is 10.8. The highest BCUT2D eigenvalue weighted by atomic mass is 16.4. The molecule has 1 atom stereocenters. The van der Waals surface area contributed by atoms with E-state index in [1.165, 1.54) is 0 Å². The lowest BCUT2D eigenvalue weighted by Gasteiger charge is -2.08. The zero-order valence-corrected chi connectivity index (χ0v) is 9.56. The van der Waals surface area contributed by atoms with Crippen molar-refractivity contribution in [2.75, 3.05) is 5.73 Å². The van der Waals surface area contributed by atoms with E-state index in [1.807, 2.05) is 6.07 Å². The molecule has 0 fully saturated rings. The molecule has 0 aliphatic heterocycles. The van der Waals surface area contributed by atoms with Gasteiger partial charge in [0.1, 0.15) is 0 Å². The van der Waals surface area contributed by atoms with Crippen LogP contribution in [0.15, 0.2) is 27.4 Å². The number of fused-ring (bicyclic) bond motifs is 1. The van der Waals surface area contributed by atoms with Crippen LogP contribution in [0.4, 0.5) is 5.69 Å². The fourth-order valence-electron chi connectivity index (χ4n) is 1.70. The van der Waals surface area contributed by atoms with Gasteiger partial charge >= 0.3 is 5.76 Å². The maximum atomic E-state index is 11.7. The van der Waals surface area contributed by atoms with Crippen molar-refractivity contribution in [3.8, 4) is 0 Å². The summed E-state index contributed by atoms with van der Waals surface area (Å²) in [7, 11) is 0. The number of benzene rings is 1. The Bertz CT molecular complexity index is 554. The van der Waals surface area contributed by atoms with Gasteiger partial charge in [-0.1, -0.05) is 20.3 Å². The fourth-order valence-corrected chi connectivity index (χ4v) is 1.70. The topological polar surface area (TPSA) is 61.2 Å². The first-order chi connectivity index (χ1) is 7.61. The Balaban J connectivity index is 2.52. The summed E-state index contributed by atoms with van der Waals surface area (Å²) >= 11 is 0. The second-order valence-electron chi connectivity index (χ2n) is 4.22. The number of anilines is 1. The van der Waals surface area contributed by atoms with Gasteiger partial charge in [-0.2, -0.15) is 0 Å². The summed E-state index contributed by atoms with van der Waals surface area (Å²) in [5.41, 5.74) is 7.63. The first-order valence-corrected chi connectivity index (χ1v) is 5.50. The molecular formula is C12H16N2O2. The third-order valence-electron chi connectivity index (χ3n) is 2.88. The van der Waals surface area contributed by atoms with E-state index in [-0.39, 0.29) is 5.76 Å². The average molecular weight is 220 g/mol. The minimum Gasteiger partial charge on any atom is -0.408 e. The highest BCUT2D eigenvalue weighted by Crippen LogP contribution is 2.17. The van der Waals surface area contributed by atoms with E-state index in [1.54, 1.807) is 16.7 Å². The number of hydrogen-bond donors (Lipinski definition) is 1. The summed E-state index contributed by atoms with van der Waals surface area (Å²) in [6, 6.07) is 5.30. The summed E-state index contributed by atoms with van der Waals surface area (Å²) in [6.07, 6.45) is 1.04. The van der Waals surface area contributed by atoms with E-state index >= 15 is 0 Å². The van der Waals surface area contributed by atoms with Crippen LogP contribution in [0, 0.1) is 5.92 Å². The zero-order valence-electron chi connectivity index (χ0n) is 9.56. The molecule has 1 aromatic carbocycles. The van der Waals surface area contributed by atoms with Gasteiger partial charge < -0.3 is 10.2 Å². The Hall–Kier alpha value is -1.71. The third-order valence-corrected chi connectivity index (χ3v) is 2.88. The summed E-state index contributed by atoms with van der Waals surface area (Å²) in [5.74, 6) is 0.150. The molecule has 16 heavy (non-hydrogen) atoms. The molecule has 1 unspecified atom stereocenters. The number of nitrogens with zero attached hydrogens (tertiary/aromatic N) is 1. The van der Waals surface area contributed by atoms with E-state index in [4.69, 9.17) is 10.2 Å². The molecule has 2 rings (SSSR count). The number of hydrogen-bond acceptors (Lipinski definition) is 3. The number of nitrogens with two attached hydrogens (primary N) is 1. The molecule has 0 saturated heterocycles. The monoisotopic (exact) mass is 220 g/mol. The number of oxazole rings is 1. The Morgan fingerprint density at radius 3 is 2.94 bits per heavy atom. The van der Waals surface area contributed by atoms with Gasteiger partial charge in [-0.3, -0.25) is 4.57 Å². The van der Waals surface area contributed by atoms with E-state index in [2.05, 4.69) is 13.8 Å². The summed E-state index contributed by atoms with van der Waals surface area (Å²) < 4.78 is 6.82. The molecule has 4 nitrogen and oxygen atoms in total. The molecule has 1 aromatic heterocycles. The standard InChI is InChI=1S/C12H16N2O2/c1-3-8(2)7-14-10-5-4-9(13)6-11(10)16-12(14)15/h4-6,8H,3,7,13H2,1-2H3. The van der Waals surface area contributed by atoms with Crippen LogP contribution in [0.2, 0.25) is 0 Å². The molecule has 0 spiro atoms. The van der Waals surface area contributed by atoms with E-state index in [0.29, 0.717) is 23.7 Å². The van der Waals surface area contributed by atoms with Crippen molar-refractivity contribution in [1.29, 1.82) is 0 Å². The zero-order chi connectivity index (χ0) is 11.7. The van der Waals surface area contributed by atoms with E-state index < -0.39 is 0 Å². The van der Waals surface area contributed by atoms with E-state index in [0.717, 1.165) is 11.9 Å². The normalized spacial score (nSPS) is 13.1. The summed E-state index contributed by atoms with van der Waals surface area (Å²) in [5, 5.41) is 0. The Labute approximate surface area is 93.7 Å². The Kier molecular flexibility index (Phi) is 2.73. The first-order valence-electron chi connectivity index (χ1n) is 5.50. The molecule has 1 heterocycles. The molecule has 86 valence electrons. The predicted octanol–water partition coefficient (Wildman–Crippen LogP) is 2.22. The van der Waals surface area contributed by atoms with E-state index in [9.17, 15) is 4.79 Å². The Morgan fingerprint density at radius 2 is 2.25 bits per heavy atom. The van der Waals surface area contributed by atoms with Gasteiger partial charge in [-0.05, 0) is 18.1 Å². The van der Waals surface area contributed by atoms with Crippen LogP contribution in [-0.2, 0) is 6.54 Å². The second-order valence-corrected chi connectivity index (χ2v) is 4.22. The van der Waals surface area contributed by atoms with Crippen LogP contribution in [0.25, 0.3) is 11.1 Å². The lowest BCUT2D eigenvalue weighted by molar-refractivity contribution is 0.430. The van der Waals surface area contributed by atoms with Crippen LogP contribution < -0.4 is 11.5 Å². The predicted molar refractivity (Wildman–Crippen MR) is 64.3 cm³/mol. The van der Waals surface area contributed by atoms with Gasteiger partial charge in [0, 0.05) is 18.3 Å². The van der Waals surface area contributed by atoms with Crippen molar-refractivity contribution in [1.82, 2.24) is 4.57 Å². The molecule has 0 radical (unpaired) electrons. The molecule has 0 aliphatic carbocycles. The number of rotatable bonds is 3. The van der Waals surface area contributed by atoms with Crippen molar-refractivity contribution in [3.05, 3.63) is 28.7 Å². The third kappa shape index (κ3) is 1.83. The van der Waals surface area contributed by atoms with Crippen LogP contribution in [0.3, 0.4) is 0 Å². The van der Waals surface area contributed by atoms with Gasteiger partial charge in [0.05, 0.1) is 5.52 Å². The van der Waals surface area contributed by atoms with Crippen molar-refractivity contribution in [2.45, 2.75) is 26.8 Å². The summed E-state index contributed by atoms with van der Waals surface area (Å²) in [6.45, 7) is 4.91. The highest BCUT2D eigenvalue weighted by molar-refractivity contribution is 5.76. The average Bonchev–Trinajstić information content (AvgIpc) is 2.54. The van der Waals surface area contributed by atoms with Gasteiger partial charge in [-0.25, -0.2) is 4.79 Å². The van der Waals surface area contributed by atoms with Crippen molar-refractivity contribution < 1.29 is 4.42 Å². The maximum Gasteiger partial charge on any atom is 0.419 e. The number of nitrogen functional groups attached to an aromatic ring is 1. The molecule has 0 amide bonds. The van der Waals surface area contributed by atoms with Gasteiger partial charge in [0.15, 0.2) is 5.58 Å². The molecule has 2 N–H and O–H groups in total. The maximum absolute atomic E-state index is 11.7. The van der Waals surface area contributed by atoms with Gasteiger partial charge in [0.2, 0.25) is 0 Å². The SMILES string of the molecule is CCC(C)Cn1c(=O)oc2cc(N)ccc21. The molecule has 4 heteroatoms. The van der Waals surface area contributed by atoms with Crippen LogP contribution >= 0.6 is 0 Å². The quantitative estimate of drug-likeness (QED) is 0.807. The van der Waals surface area contributed by atoms with Gasteiger partial charge in [0.25, 0.3) is 0 Å². The molecule has 2 aromatic rings.